The van der Waals surface area contributed by atoms with E-state index in [1.165, 1.54) is 22.9 Å². The Morgan fingerprint density at radius 1 is 1.23 bits per heavy atom. The van der Waals surface area contributed by atoms with Crippen molar-refractivity contribution in [3.8, 4) is 17.1 Å². The van der Waals surface area contributed by atoms with Gasteiger partial charge in [-0.3, -0.25) is 4.57 Å². The van der Waals surface area contributed by atoms with E-state index in [0.29, 0.717) is 0 Å². The number of amides is 1. The molecular formula is C20H17FN4O5. The monoisotopic (exact) mass is 412 g/mol. The van der Waals surface area contributed by atoms with Gasteiger partial charge in [-0.25, -0.2) is 9.18 Å². The molecule has 0 fully saturated rings. The highest BCUT2D eigenvalue weighted by Gasteiger charge is 2.28. The largest absolute Gasteiger partial charge is 0.445 e. The first-order valence-electron chi connectivity index (χ1n) is 9.10. The molecule has 0 radical (unpaired) electrons. The van der Waals surface area contributed by atoms with Crippen LogP contribution in [0.3, 0.4) is 0 Å². The fraction of sp³-hybridized carbons (Fsp3) is 0.200. The smallest absolute Gasteiger partial charge is 0.414 e. The van der Waals surface area contributed by atoms with Crippen LogP contribution in [0.2, 0.25) is 0 Å². The number of imidazole rings is 1. The van der Waals surface area contributed by atoms with Gasteiger partial charge in [-0.05, 0) is 33.7 Å². The summed E-state index contributed by atoms with van der Waals surface area (Å²) in [4.78, 5) is 26.0. The average Bonchev–Trinajstić information content (AvgIpc) is 3.17. The molecule has 1 amide bonds. The molecule has 0 aliphatic carbocycles. The lowest BCUT2D eigenvalue weighted by Crippen LogP contribution is -2.44. The van der Waals surface area contributed by atoms with Gasteiger partial charge in [-0.1, -0.05) is 36.4 Å². The minimum Gasteiger partial charge on any atom is -0.445 e. The topological polar surface area (TPSA) is 109 Å². The number of alkyl carbamates (subject to hydrolysis) is 1. The number of fused-ring (bicyclic) bond motifs is 1. The highest BCUT2D eigenvalue weighted by molar-refractivity contribution is 5.68. The van der Waals surface area contributed by atoms with Crippen LogP contribution in [0.15, 0.2) is 54.7 Å². The molecular weight excluding hydrogens is 395 g/mol. The Morgan fingerprint density at radius 3 is 2.57 bits per heavy atom. The zero-order valence-electron chi connectivity index (χ0n) is 15.7. The molecule has 0 spiro atoms. The van der Waals surface area contributed by atoms with Gasteiger partial charge in [-0.15, -0.1) is 0 Å². The molecule has 4 rings (SSSR count). The number of nitrogens with zero attached hydrogens (tertiary/aromatic N) is 3. The Hall–Kier alpha value is -3.95. The van der Waals surface area contributed by atoms with Crippen molar-refractivity contribution < 1.29 is 23.6 Å². The van der Waals surface area contributed by atoms with E-state index in [0.717, 1.165) is 16.7 Å². The predicted molar refractivity (Wildman–Crippen MR) is 103 cm³/mol. The molecule has 154 valence electrons. The van der Waals surface area contributed by atoms with Crippen molar-refractivity contribution in [3.63, 3.8) is 0 Å². The highest BCUT2D eigenvalue weighted by Crippen LogP contribution is 2.22. The van der Waals surface area contributed by atoms with Gasteiger partial charge in [0.05, 0.1) is 12.6 Å². The van der Waals surface area contributed by atoms with Crippen LogP contribution in [-0.4, -0.2) is 33.2 Å². The minimum absolute atomic E-state index is 0.0743. The molecule has 0 bridgehead atoms. The normalized spacial score (nSPS) is 15.0. The van der Waals surface area contributed by atoms with Crippen molar-refractivity contribution in [2.24, 2.45) is 0 Å². The number of hydrogen-bond donors (Lipinski definition) is 1. The summed E-state index contributed by atoms with van der Waals surface area (Å²) in [5.74, 6) is -0.599. The molecule has 1 atom stereocenters. The van der Waals surface area contributed by atoms with Gasteiger partial charge in [0.1, 0.15) is 25.2 Å². The van der Waals surface area contributed by atoms with Crippen LogP contribution < -0.4 is 10.1 Å². The van der Waals surface area contributed by atoms with Gasteiger partial charge in [0.25, 0.3) is 0 Å². The first-order chi connectivity index (χ1) is 14.5. The molecule has 30 heavy (non-hydrogen) atoms. The standard InChI is InChI=1S/C20H17FN4O5/c21-16-7-5-15(6-8-16)14-3-1-13(2-4-14)11-30-20(26)22-17-9-24-10-18(25(27)28)23-19(24)29-12-17/h1-8,10,17H,9,11-12H2,(H,22,26)/t17-/m0/s1. The summed E-state index contributed by atoms with van der Waals surface area (Å²) in [5, 5.41) is 13.5. The summed E-state index contributed by atoms with van der Waals surface area (Å²) in [6.45, 7) is 0.498. The van der Waals surface area contributed by atoms with E-state index < -0.39 is 17.1 Å². The molecule has 1 aromatic heterocycles. The molecule has 0 unspecified atom stereocenters. The second-order valence-electron chi connectivity index (χ2n) is 6.72. The van der Waals surface area contributed by atoms with Gasteiger partial charge in [0.15, 0.2) is 0 Å². The lowest BCUT2D eigenvalue weighted by atomic mass is 10.0. The van der Waals surface area contributed by atoms with E-state index in [9.17, 15) is 19.3 Å². The predicted octanol–water partition coefficient (Wildman–Crippen LogP) is 3.28. The molecule has 1 aliphatic rings. The zero-order chi connectivity index (χ0) is 21.1. The number of carbonyl (C=O) groups is 1. The molecule has 9 nitrogen and oxygen atoms in total. The molecule has 2 heterocycles. The summed E-state index contributed by atoms with van der Waals surface area (Å²) >= 11 is 0. The first kappa shape index (κ1) is 19.4. The van der Waals surface area contributed by atoms with Gasteiger partial charge in [0.2, 0.25) is 0 Å². The Bertz CT molecular complexity index is 1070. The molecule has 1 aliphatic heterocycles. The van der Waals surface area contributed by atoms with E-state index in [-0.39, 0.29) is 37.4 Å². The highest BCUT2D eigenvalue weighted by atomic mass is 19.1. The number of rotatable bonds is 5. The lowest BCUT2D eigenvalue weighted by Gasteiger charge is -2.22. The molecule has 3 aromatic rings. The van der Waals surface area contributed by atoms with Crippen molar-refractivity contribution in [1.82, 2.24) is 14.9 Å². The third-order valence-corrected chi connectivity index (χ3v) is 4.57. The fourth-order valence-corrected chi connectivity index (χ4v) is 3.07. The van der Waals surface area contributed by atoms with Crippen molar-refractivity contribution in [2.45, 2.75) is 19.2 Å². The molecule has 2 aromatic carbocycles. The zero-order valence-corrected chi connectivity index (χ0v) is 15.7. The summed E-state index contributed by atoms with van der Waals surface area (Å²) in [6.07, 6.45) is 0.640. The van der Waals surface area contributed by atoms with Gasteiger partial charge < -0.3 is 24.9 Å². The SMILES string of the molecule is O=C(N[C@@H]1COc2nc([N+](=O)[O-])cn2C1)OCc1ccc(-c2ccc(F)cc2)cc1. The maximum atomic E-state index is 13.0. The van der Waals surface area contributed by atoms with Crippen molar-refractivity contribution >= 4 is 11.9 Å². The van der Waals surface area contributed by atoms with E-state index in [2.05, 4.69) is 10.3 Å². The maximum absolute atomic E-state index is 13.0. The summed E-state index contributed by atoms with van der Waals surface area (Å²) in [5.41, 5.74) is 2.61. The molecule has 1 N–H and O–H groups in total. The quantitative estimate of drug-likeness (QED) is 0.509. The lowest BCUT2D eigenvalue weighted by molar-refractivity contribution is -0.389. The van der Waals surface area contributed by atoms with Crippen LogP contribution in [0.5, 0.6) is 6.01 Å². The summed E-state index contributed by atoms with van der Waals surface area (Å²) in [6, 6.07) is 13.3. The molecule has 10 heteroatoms. The van der Waals surface area contributed by atoms with Crippen LogP contribution in [0.4, 0.5) is 15.0 Å². The number of carbonyl (C=O) groups excluding carboxylic acids is 1. The molecule has 0 saturated heterocycles. The number of nitro groups is 1. The van der Waals surface area contributed by atoms with Gasteiger partial charge in [-0.2, -0.15) is 0 Å². The third kappa shape index (κ3) is 4.37. The second-order valence-corrected chi connectivity index (χ2v) is 6.72. The summed E-state index contributed by atoms with van der Waals surface area (Å²) in [7, 11) is 0. The van der Waals surface area contributed by atoms with E-state index in [4.69, 9.17) is 9.47 Å². The van der Waals surface area contributed by atoms with Crippen LogP contribution in [-0.2, 0) is 17.9 Å². The van der Waals surface area contributed by atoms with Crippen LogP contribution in [0.1, 0.15) is 5.56 Å². The van der Waals surface area contributed by atoms with E-state index in [1.807, 2.05) is 24.3 Å². The number of aromatic nitrogens is 2. The first-order valence-corrected chi connectivity index (χ1v) is 9.10. The number of halogens is 1. The van der Waals surface area contributed by atoms with Crippen LogP contribution in [0.25, 0.3) is 11.1 Å². The van der Waals surface area contributed by atoms with Gasteiger partial charge >= 0.3 is 17.9 Å². The van der Waals surface area contributed by atoms with Crippen LogP contribution in [0, 0.1) is 15.9 Å². The Balaban J connectivity index is 1.28. The Kier molecular flexibility index (Phi) is 5.29. The maximum Gasteiger partial charge on any atom is 0.414 e. The van der Waals surface area contributed by atoms with Gasteiger partial charge in [0, 0.05) is 4.98 Å². The van der Waals surface area contributed by atoms with E-state index >= 15 is 0 Å². The van der Waals surface area contributed by atoms with Crippen molar-refractivity contribution in [1.29, 1.82) is 0 Å². The second kappa shape index (κ2) is 8.19. The molecule has 0 saturated carbocycles. The summed E-state index contributed by atoms with van der Waals surface area (Å²) < 4.78 is 25.1. The van der Waals surface area contributed by atoms with Crippen molar-refractivity contribution in [2.75, 3.05) is 6.61 Å². The van der Waals surface area contributed by atoms with Crippen molar-refractivity contribution in [3.05, 3.63) is 76.2 Å². The third-order valence-electron chi connectivity index (χ3n) is 4.57. The minimum atomic E-state index is -0.621. The number of hydrogen-bond acceptors (Lipinski definition) is 6. The average molecular weight is 412 g/mol. The number of ether oxygens (including phenoxy) is 2. The van der Waals surface area contributed by atoms with Crippen LogP contribution >= 0.6 is 0 Å². The number of benzene rings is 2. The number of nitrogens with one attached hydrogen (secondary N) is 1. The van der Waals surface area contributed by atoms with E-state index in [1.54, 1.807) is 12.1 Å². The Morgan fingerprint density at radius 2 is 1.90 bits per heavy atom. The fourth-order valence-electron chi connectivity index (χ4n) is 3.07. The Labute approximate surface area is 170 Å².